The zero-order valence-electron chi connectivity index (χ0n) is 9.74. The number of nitrogens with zero attached hydrogens (tertiary/aromatic N) is 1. The number of hydrogen-bond donors (Lipinski definition) is 1. The highest BCUT2D eigenvalue weighted by molar-refractivity contribution is 5.81. The predicted molar refractivity (Wildman–Crippen MR) is 69.8 cm³/mol. The Balaban J connectivity index is 2.02. The predicted octanol–water partition coefficient (Wildman–Crippen LogP) is 3.84. The molecule has 0 aliphatic rings. The molecule has 84 valence electrons. The quantitative estimate of drug-likeness (QED) is 0.765. The van der Waals surface area contributed by atoms with Crippen LogP contribution in [0.5, 0.6) is 0 Å². The number of para-hydroxylation sites is 1. The molecule has 0 fully saturated rings. The minimum Gasteiger partial charge on any atom is -0.384 e. The van der Waals surface area contributed by atoms with Crippen molar-refractivity contribution in [1.29, 1.82) is 0 Å². The van der Waals surface area contributed by atoms with Crippen LogP contribution >= 0.6 is 0 Å². The zero-order valence-corrected chi connectivity index (χ0v) is 9.74. The van der Waals surface area contributed by atoms with E-state index in [1.165, 1.54) is 24.6 Å². The molecule has 0 spiro atoms. The molecule has 16 heavy (non-hydrogen) atoms. The summed E-state index contributed by atoms with van der Waals surface area (Å²) in [4.78, 5) is 4.42. The molecular weight excluding hydrogens is 196 g/mol. The van der Waals surface area contributed by atoms with Crippen molar-refractivity contribution in [2.75, 3.05) is 11.9 Å². The van der Waals surface area contributed by atoms with Gasteiger partial charge in [-0.15, -0.1) is 0 Å². The van der Waals surface area contributed by atoms with Gasteiger partial charge in [-0.1, -0.05) is 38.0 Å². The third kappa shape index (κ3) is 2.72. The van der Waals surface area contributed by atoms with Crippen molar-refractivity contribution in [3.05, 3.63) is 36.5 Å². The van der Waals surface area contributed by atoms with Gasteiger partial charge in [-0.2, -0.15) is 0 Å². The molecule has 0 atom stereocenters. The minimum absolute atomic E-state index is 1.04. The number of benzene rings is 1. The fraction of sp³-hybridized carbons (Fsp3) is 0.357. The van der Waals surface area contributed by atoms with Crippen LogP contribution in [0.3, 0.4) is 0 Å². The van der Waals surface area contributed by atoms with E-state index in [0.29, 0.717) is 0 Å². The van der Waals surface area contributed by atoms with Crippen molar-refractivity contribution in [2.45, 2.75) is 26.2 Å². The molecule has 0 saturated heterocycles. The van der Waals surface area contributed by atoms with Gasteiger partial charge in [-0.25, -0.2) is 0 Å². The normalized spacial score (nSPS) is 10.6. The molecule has 0 bridgehead atoms. The van der Waals surface area contributed by atoms with Crippen molar-refractivity contribution in [2.24, 2.45) is 0 Å². The van der Waals surface area contributed by atoms with Gasteiger partial charge in [-0.05, 0) is 18.6 Å². The van der Waals surface area contributed by atoms with Gasteiger partial charge in [0.15, 0.2) is 0 Å². The summed E-state index contributed by atoms with van der Waals surface area (Å²) in [7, 11) is 0. The first-order valence-electron chi connectivity index (χ1n) is 5.99. The smallest absolute Gasteiger partial charge is 0.0703 e. The second-order valence-corrected chi connectivity index (χ2v) is 4.05. The molecule has 1 N–H and O–H groups in total. The lowest BCUT2D eigenvalue weighted by Gasteiger charge is -2.06. The van der Waals surface area contributed by atoms with Crippen LogP contribution in [-0.4, -0.2) is 11.5 Å². The maximum absolute atomic E-state index is 4.42. The lowest BCUT2D eigenvalue weighted by atomic mass is 10.2. The van der Waals surface area contributed by atoms with Crippen LogP contribution in [0.1, 0.15) is 26.2 Å². The van der Waals surface area contributed by atoms with Crippen LogP contribution in [0.2, 0.25) is 0 Å². The molecule has 2 aromatic rings. The Morgan fingerprint density at radius 1 is 1.19 bits per heavy atom. The third-order valence-electron chi connectivity index (χ3n) is 2.70. The number of fused-ring (bicyclic) bond motifs is 1. The van der Waals surface area contributed by atoms with Crippen molar-refractivity contribution < 1.29 is 0 Å². The van der Waals surface area contributed by atoms with Crippen molar-refractivity contribution in [3.8, 4) is 0 Å². The minimum atomic E-state index is 1.04. The van der Waals surface area contributed by atoms with Gasteiger partial charge in [-0.3, -0.25) is 4.98 Å². The maximum Gasteiger partial charge on any atom is 0.0703 e. The van der Waals surface area contributed by atoms with E-state index in [1.54, 1.807) is 0 Å². The van der Waals surface area contributed by atoms with Crippen LogP contribution in [0, 0.1) is 0 Å². The summed E-state index contributed by atoms with van der Waals surface area (Å²) >= 11 is 0. The second kappa shape index (κ2) is 5.50. The topological polar surface area (TPSA) is 24.9 Å². The van der Waals surface area contributed by atoms with Gasteiger partial charge in [0.1, 0.15) is 0 Å². The fourth-order valence-corrected chi connectivity index (χ4v) is 1.78. The maximum atomic E-state index is 4.42. The van der Waals surface area contributed by atoms with E-state index in [9.17, 15) is 0 Å². The van der Waals surface area contributed by atoms with E-state index in [0.717, 1.165) is 17.7 Å². The fourth-order valence-electron chi connectivity index (χ4n) is 1.78. The Hall–Kier alpha value is -1.57. The number of aromatic nitrogens is 1. The first-order chi connectivity index (χ1) is 7.90. The number of unbranched alkanes of at least 4 members (excludes halogenated alkanes) is 2. The highest BCUT2D eigenvalue weighted by Crippen LogP contribution is 2.15. The number of pyridine rings is 1. The average molecular weight is 214 g/mol. The monoisotopic (exact) mass is 214 g/mol. The molecule has 0 amide bonds. The lowest BCUT2D eigenvalue weighted by molar-refractivity contribution is 0.743. The summed E-state index contributed by atoms with van der Waals surface area (Å²) in [6.45, 7) is 3.26. The zero-order chi connectivity index (χ0) is 11.2. The van der Waals surface area contributed by atoms with Gasteiger partial charge in [0, 0.05) is 11.9 Å². The molecule has 2 nitrogen and oxygen atoms in total. The first-order valence-corrected chi connectivity index (χ1v) is 5.99. The lowest BCUT2D eigenvalue weighted by Crippen LogP contribution is -2.01. The van der Waals surface area contributed by atoms with Crippen molar-refractivity contribution >= 4 is 16.6 Å². The standard InChI is InChI=1S/C14H18N2/c1-2-3-6-9-15-13-10-12-7-4-5-8-14(12)16-11-13/h4-5,7-8,10-11,15H,2-3,6,9H2,1H3. The summed E-state index contributed by atoms with van der Waals surface area (Å²) in [6.07, 6.45) is 5.68. The number of hydrogen-bond acceptors (Lipinski definition) is 2. The Bertz CT molecular complexity index is 451. The molecule has 0 aliphatic carbocycles. The van der Waals surface area contributed by atoms with E-state index >= 15 is 0 Å². The van der Waals surface area contributed by atoms with Crippen LogP contribution < -0.4 is 5.32 Å². The SMILES string of the molecule is CCCCCNc1cnc2ccccc2c1. The van der Waals surface area contributed by atoms with E-state index in [4.69, 9.17) is 0 Å². The Labute approximate surface area is 96.7 Å². The van der Waals surface area contributed by atoms with E-state index in [-0.39, 0.29) is 0 Å². The molecule has 0 saturated carbocycles. The summed E-state index contributed by atoms with van der Waals surface area (Å²) in [5.74, 6) is 0. The highest BCUT2D eigenvalue weighted by atomic mass is 14.9. The molecule has 2 rings (SSSR count). The van der Waals surface area contributed by atoms with E-state index in [2.05, 4.69) is 29.4 Å². The van der Waals surface area contributed by atoms with Gasteiger partial charge < -0.3 is 5.32 Å². The molecule has 1 aromatic heterocycles. The number of anilines is 1. The van der Waals surface area contributed by atoms with Crippen LogP contribution in [0.15, 0.2) is 36.5 Å². The Morgan fingerprint density at radius 3 is 2.94 bits per heavy atom. The molecule has 2 heteroatoms. The molecule has 0 radical (unpaired) electrons. The first kappa shape index (κ1) is 10.9. The summed E-state index contributed by atoms with van der Waals surface area (Å²) in [5.41, 5.74) is 2.18. The second-order valence-electron chi connectivity index (χ2n) is 4.05. The van der Waals surface area contributed by atoms with Gasteiger partial charge in [0.25, 0.3) is 0 Å². The molecule has 1 heterocycles. The number of rotatable bonds is 5. The van der Waals surface area contributed by atoms with Gasteiger partial charge in [0.2, 0.25) is 0 Å². The van der Waals surface area contributed by atoms with Gasteiger partial charge in [0.05, 0.1) is 17.4 Å². The highest BCUT2D eigenvalue weighted by Gasteiger charge is 1.96. The van der Waals surface area contributed by atoms with E-state index in [1.807, 2.05) is 24.4 Å². The summed E-state index contributed by atoms with van der Waals surface area (Å²) in [6, 6.07) is 10.4. The largest absolute Gasteiger partial charge is 0.384 e. The van der Waals surface area contributed by atoms with Crippen LogP contribution in [-0.2, 0) is 0 Å². The van der Waals surface area contributed by atoms with Crippen molar-refractivity contribution in [3.63, 3.8) is 0 Å². The average Bonchev–Trinajstić information content (AvgIpc) is 2.34. The summed E-state index contributed by atoms with van der Waals surface area (Å²) in [5, 5.41) is 4.61. The van der Waals surface area contributed by atoms with E-state index < -0.39 is 0 Å². The molecular formula is C14H18N2. The van der Waals surface area contributed by atoms with Crippen LogP contribution in [0.4, 0.5) is 5.69 Å². The third-order valence-corrected chi connectivity index (χ3v) is 2.70. The summed E-state index contributed by atoms with van der Waals surface area (Å²) < 4.78 is 0. The Kier molecular flexibility index (Phi) is 3.76. The van der Waals surface area contributed by atoms with Crippen molar-refractivity contribution in [1.82, 2.24) is 4.98 Å². The molecule has 0 unspecified atom stereocenters. The number of nitrogens with one attached hydrogen (secondary N) is 1. The molecule has 1 aromatic carbocycles. The molecule has 0 aliphatic heterocycles. The van der Waals surface area contributed by atoms with Crippen LogP contribution in [0.25, 0.3) is 10.9 Å². The van der Waals surface area contributed by atoms with Gasteiger partial charge >= 0.3 is 0 Å². The Morgan fingerprint density at radius 2 is 2.06 bits per heavy atom.